The Bertz CT molecular complexity index is 2380. The van der Waals surface area contributed by atoms with Gasteiger partial charge in [0.15, 0.2) is 0 Å². The van der Waals surface area contributed by atoms with Gasteiger partial charge < -0.3 is 19.3 Å². The van der Waals surface area contributed by atoms with Crippen LogP contribution in [0.25, 0.3) is 0 Å². The lowest BCUT2D eigenvalue weighted by Crippen LogP contribution is -2.64. The third-order valence-corrected chi connectivity index (χ3v) is 10.1. The Labute approximate surface area is 280 Å². The van der Waals surface area contributed by atoms with Crippen LogP contribution in [0.5, 0.6) is 23.0 Å². The van der Waals surface area contributed by atoms with Crippen LogP contribution in [0.3, 0.4) is 0 Å². The van der Waals surface area contributed by atoms with E-state index in [1.54, 1.807) is 0 Å². The predicted molar refractivity (Wildman–Crippen MR) is 201 cm³/mol. The fourth-order valence-corrected chi connectivity index (χ4v) is 8.28. The summed E-state index contributed by atoms with van der Waals surface area (Å²) in [6.07, 6.45) is 5.73. The summed E-state index contributed by atoms with van der Waals surface area (Å²) >= 11 is 0. The highest BCUT2D eigenvalue weighted by Crippen LogP contribution is 2.52. The van der Waals surface area contributed by atoms with Gasteiger partial charge in [-0.1, -0.05) is 110 Å². The number of allylic oxidation sites excluding steroid dienone is 3. The van der Waals surface area contributed by atoms with Crippen LogP contribution < -0.4 is 52.1 Å². The fraction of sp³-hybridized carbons (Fsp3) is 0. The maximum Gasteiger partial charge on any atom is 0.256 e. The summed E-state index contributed by atoms with van der Waals surface area (Å²) in [5, 5.41) is 0. The summed E-state index contributed by atoms with van der Waals surface area (Å²) in [6.45, 7) is 8.17. The van der Waals surface area contributed by atoms with Gasteiger partial charge in [0, 0.05) is 33.7 Å². The molecule has 6 aromatic rings. The highest BCUT2D eigenvalue weighted by Gasteiger charge is 2.51. The van der Waals surface area contributed by atoms with E-state index >= 15 is 0 Å². The molecule has 0 radical (unpaired) electrons. The van der Waals surface area contributed by atoms with E-state index in [2.05, 4.69) is 150 Å². The summed E-state index contributed by atoms with van der Waals surface area (Å²) in [5.74, 6) is 3.41. The van der Waals surface area contributed by atoms with E-state index in [-0.39, 0.29) is 13.4 Å². The number of fused-ring (bicyclic) bond motifs is 10. The molecule has 0 spiro atoms. The number of hydrogen-bond donors (Lipinski definition) is 0. The second-order valence-corrected chi connectivity index (χ2v) is 12.5. The first kappa shape index (κ1) is 27.0. The van der Waals surface area contributed by atoms with Crippen molar-refractivity contribution in [1.82, 2.24) is 0 Å². The largest absolute Gasteiger partial charge is 0.456 e. The van der Waals surface area contributed by atoms with Crippen LogP contribution in [0, 0.1) is 0 Å². The third-order valence-electron chi connectivity index (χ3n) is 10.1. The zero-order valence-corrected chi connectivity index (χ0v) is 26.1. The van der Waals surface area contributed by atoms with Gasteiger partial charge in [-0.3, -0.25) is 0 Å². The average Bonchev–Trinajstić information content (AvgIpc) is 3.15. The van der Waals surface area contributed by atoms with Crippen molar-refractivity contribution in [2.45, 2.75) is 0 Å². The number of nitrogens with zero attached hydrogens (tertiary/aromatic N) is 2. The first-order chi connectivity index (χ1) is 23.8. The van der Waals surface area contributed by atoms with Gasteiger partial charge >= 0.3 is 0 Å². The van der Waals surface area contributed by atoms with E-state index < -0.39 is 0 Å². The van der Waals surface area contributed by atoms with E-state index in [0.29, 0.717) is 0 Å². The second-order valence-electron chi connectivity index (χ2n) is 12.5. The molecule has 0 aliphatic carbocycles. The molecule has 224 valence electrons. The molecule has 0 unspecified atom stereocenters. The summed E-state index contributed by atoms with van der Waals surface area (Å²) in [4.78, 5) is 4.67. The maximum absolute atomic E-state index is 7.20. The molecule has 4 heterocycles. The third kappa shape index (κ3) is 3.52. The van der Waals surface area contributed by atoms with Crippen LogP contribution in [-0.2, 0) is 0 Å². The quantitative estimate of drug-likeness (QED) is 0.169. The van der Waals surface area contributed by atoms with Gasteiger partial charge in [-0.2, -0.15) is 0 Å². The molecule has 10 rings (SSSR count). The highest BCUT2D eigenvalue weighted by molar-refractivity contribution is 7.02. The van der Waals surface area contributed by atoms with Gasteiger partial charge in [-0.15, -0.1) is 0 Å². The van der Waals surface area contributed by atoms with E-state index in [4.69, 9.17) is 9.47 Å². The number of rotatable bonds is 4. The summed E-state index contributed by atoms with van der Waals surface area (Å²) in [7, 11) is 0. The number of anilines is 5. The van der Waals surface area contributed by atoms with Crippen molar-refractivity contribution in [3.05, 3.63) is 164 Å². The Balaban J connectivity index is 1.42. The van der Waals surface area contributed by atoms with Crippen molar-refractivity contribution in [1.29, 1.82) is 0 Å². The van der Waals surface area contributed by atoms with Crippen molar-refractivity contribution in [3.8, 4) is 23.0 Å². The maximum atomic E-state index is 7.20. The molecular weight excluding hydrogens is 586 g/mol. The first-order valence-corrected chi connectivity index (χ1v) is 16.3. The smallest absolute Gasteiger partial charge is 0.256 e. The van der Waals surface area contributed by atoms with Gasteiger partial charge in [0.25, 0.3) is 13.4 Å². The second kappa shape index (κ2) is 10.2. The van der Waals surface area contributed by atoms with Gasteiger partial charge in [-0.25, -0.2) is 0 Å². The molecule has 6 heteroatoms. The summed E-state index contributed by atoms with van der Waals surface area (Å²) < 4.78 is 14.4. The Morgan fingerprint density at radius 1 is 0.542 bits per heavy atom. The minimum Gasteiger partial charge on any atom is -0.456 e. The van der Waals surface area contributed by atoms with Crippen LogP contribution in [0.15, 0.2) is 164 Å². The topological polar surface area (TPSA) is 24.9 Å². The lowest BCUT2D eigenvalue weighted by Gasteiger charge is -2.47. The SMILES string of the molecule is C=C/C=C(\C=C)N1c2ccccc2B2c3ccccc3Oc3c2c1c1c2c3N(c3ccccc3)c3ccccc3B2c2ccccc2O1. The highest BCUT2D eigenvalue weighted by atomic mass is 16.5. The summed E-state index contributed by atoms with van der Waals surface area (Å²) in [5.41, 5.74) is 13.0. The number of hydrogen-bond acceptors (Lipinski definition) is 4. The molecule has 0 saturated carbocycles. The van der Waals surface area contributed by atoms with E-state index in [0.717, 1.165) is 79.0 Å². The molecule has 4 nitrogen and oxygen atoms in total. The zero-order chi connectivity index (χ0) is 31.9. The Morgan fingerprint density at radius 3 is 1.67 bits per heavy atom. The molecule has 4 aliphatic rings. The Morgan fingerprint density at radius 2 is 1.04 bits per heavy atom. The van der Waals surface area contributed by atoms with E-state index in [9.17, 15) is 0 Å². The van der Waals surface area contributed by atoms with Crippen molar-refractivity contribution in [3.63, 3.8) is 0 Å². The summed E-state index contributed by atoms with van der Waals surface area (Å²) in [6, 6.07) is 44.9. The molecular formula is C42H28B2N2O2. The first-order valence-electron chi connectivity index (χ1n) is 16.3. The van der Waals surface area contributed by atoms with Crippen molar-refractivity contribution in [2.75, 3.05) is 9.80 Å². The monoisotopic (exact) mass is 614 g/mol. The number of para-hydroxylation sites is 5. The number of ether oxygens (including phenoxy) is 2. The lowest BCUT2D eigenvalue weighted by atomic mass is 9.31. The predicted octanol–water partition coefficient (Wildman–Crippen LogP) is 6.42. The normalized spacial score (nSPS) is 14.3. The molecule has 0 saturated heterocycles. The standard InChI is InChI=1S/C42H28B2N2O2/c1-3-16-27(4-2)45-33-23-12-8-19-29(33)43-31-21-10-15-26-36(31)48-42-37(43)39(45)41-38-40(42)46(28-17-6-5-7-18-28)34-24-13-9-20-30(34)44(38)32-22-11-14-25-35(32)47-41/h3-26H,1-2H2/b27-16+. The zero-order valence-electron chi connectivity index (χ0n) is 26.1. The van der Waals surface area contributed by atoms with Crippen LogP contribution in [0.4, 0.5) is 28.4 Å². The molecule has 0 amide bonds. The molecule has 0 N–H and O–H groups in total. The van der Waals surface area contributed by atoms with Crippen LogP contribution in [-0.4, -0.2) is 13.4 Å². The molecule has 48 heavy (non-hydrogen) atoms. The van der Waals surface area contributed by atoms with Crippen LogP contribution >= 0.6 is 0 Å². The van der Waals surface area contributed by atoms with Gasteiger partial charge in [0.1, 0.15) is 23.0 Å². The molecule has 0 bridgehead atoms. The molecule has 0 aromatic heterocycles. The van der Waals surface area contributed by atoms with E-state index in [1.807, 2.05) is 18.2 Å². The lowest BCUT2D eigenvalue weighted by molar-refractivity contribution is 0.477. The van der Waals surface area contributed by atoms with Crippen molar-refractivity contribution in [2.24, 2.45) is 0 Å². The van der Waals surface area contributed by atoms with Gasteiger partial charge in [-0.05, 0) is 70.4 Å². The minimum absolute atomic E-state index is 0.0773. The van der Waals surface area contributed by atoms with E-state index in [1.165, 1.54) is 10.9 Å². The molecule has 4 aliphatic heterocycles. The van der Waals surface area contributed by atoms with Gasteiger partial charge in [0.05, 0.1) is 11.4 Å². The molecule has 6 aromatic carbocycles. The average molecular weight is 614 g/mol. The molecule has 0 fully saturated rings. The van der Waals surface area contributed by atoms with Crippen molar-refractivity contribution < 1.29 is 9.47 Å². The van der Waals surface area contributed by atoms with Crippen LogP contribution in [0.2, 0.25) is 0 Å². The Kier molecular flexibility index (Phi) is 5.73. The van der Waals surface area contributed by atoms with Crippen molar-refractivity contribution >= 4 is 74.6 Å². The Hall–Kier alpha value is -6.13. The van der Waals surface area contributed by atoms with Crippen LogP contribution in [0.1, 0.15) is 0 Å². The number of benzene rings is 6. The minimum atomic E-state index is -0.0854. The molecule has 0 atom stereocenters. The van der Waals surface area contributed by atoms with Gasteiger partial charge in [0.2, 0.25) is 0 Å². The fourth-order valence-electron chi connectivity index (χ4n) is 8.28.